The molecular formula is C23H19BrN2O3. The van der Waals surface area contributed by atoms with Gasteiger partial charge in [-0.3, -0.25) is 9.59 Å². The number of carbonyl (C=O) groups excluding carboxylic acids is 2. The molecule has 2 amide bonds. The van der Waals surface area contributed by atoms with Gasteiger partial charge < -0.3 is 15.4 Å². The fourth-order valence-electron chi connectivity index (χ4n) is 2.58. The molecule has 6 heteroatoms. The van der Waals surface area contributed by atoms with Crippen molar-refractivity contribution in [2.45, 2.75) is 0 Å². The van der Waals surface area contributed by atoms with Crippen molar-refractivity contribution in [3.05, 3.63) is 100 Å². The van der Waals surface area contributed by atoms with E-state index in [1.54, 1.807) is 61.7 Å². The van der Waals surface area contributed by atoms with Gasteiger partial charge in [0.2, 0.25) is 0 Å². The zero-order valence-electron chi connectivity index (χ0n) is 15.7. The minimum atomic E-state index is -0.431. The standard InChI is InChI=1S/C23H19BrN2O3/c1-29-20-12-10-19(11-13-20)25-23(28)21(15-16-6-5-9-18(24)14-16)26-22(27)17-7-3-2-4-8-17/h2-15H,1H3,(H,25,28)(H,26,27)/b21-15-. The van der Waals surface area contributed by atoms with Crippen LogP contribution < -0.4 is 15.4 Å². The second-order valence-electron chi connectivity index (χ2n) is 6.12. The molecule has 2 N–H and O–H groups in total. The SMILES string of the molecule is COc1ccc(NC(=O)/C(=C/c2cccc(Br)c2)NC(=O)c2ccccc2)cc1. The third kappa shape index (κ3) is 5.80. The number of anilines is 1. The number of hydrogen-bond acceptors (Lipinski definition) is 3. The smallest absolute Gasteiger partial charge is 0.272 e. The van der Waals surface area contributed by atoms with E-state index in [4.69, 9.17) is 4.74 Å². The van der Waals surface area contributed by atoms with Crippen LogP contribution in [-0.2, 0) is 4.79 Å². The number of rotatable bonds is 6. The molecule has 0 unspecified atom stereocenters. The molecule has 0 saturated carbocycles. The van der Waals surface area contributed by atoms with Crippen LogP contribution in [-0.4, -0.2) is 18.9 Å². The lowest BCUT2D eigenvalue weighted by molar-refractivity contribution is -0.113. The normalized spacial score (nSPS) is 10.9. The highest BCUT2D eigenvalue weighted by Gasteiger charge is 2.15. The quantitative estimate of drug-likeness (QED) is 0.526. The van der Waals surface area contributed by atoms with E-state index in [1.165, 1.54) is 0 Å². The average Bonchev–Trinajstić information content (AvgIpc) is 2.74. The average molecular weight is 451 g/mol. The molecule has 0 aromatic heterocycles. The van der Waals surface area contributed by atoms with Crippen molar-refractivity contribution in [3.63, 3.8) is 0 Å². The maximum atomic E-state index is 12.9. The Labute approximate surface area is 177 Å². The number of nitrogens with one attached hydrogen (secondary N) is 2. The molecule has 0 saturated heterocycles. The predicted octanol–water partition coefficient (Wildman–Crippen LogP) is 4.87. The Morgan fingerprint density at radius 2 is 1.66 bits per heavy atom. The lowest BCUT2D eigenvalue weighted by atomic mass is 10.1. The largest absolute Gasteiger partial charge is 0.497 e. The first-order valence-electron chi connectivity index (χ1n) is 8.84. The Bertz CT molecular complexity index is 1030. The second-order valence-corrected chi connectivity index (χ2v) is 7.03. The summed E-state index contributed by atoms with van der Waals surface area (Å²) in [5.41, 5.74) is 1.95. The van der Waals surface area contributed by atoms with Crippen LogP contribution in [0.5, 0.6) is 5.75 Å². The maximum Gasteiger partial charge on any atom is 0.272 e. The van der Waals surface area contributed by atoms with Gasteiger partial charge in [0, 0.05) is 15.7 Å². The van der Waals surface area contributed by atoms with Gasteiger partial charge in [0.1, 0.15) is 11.4 Å². The zero-order chi connectivity index (χ0) is 20.6. The molecule has 3 aromatic carbocycles. The Morgan fingerprint density at radius 1 is 0.931 bits per heavy atom. The summed E-state index contributed by atoms with van der Waals surface area (Å²) >= 11 is 3.42. The summed E-state index contributed by atoms with van der Waals surface area (Å²) in [4.78, 5) is 25.5. The molecule has 0 bridgehead atoms. The first-order chi connectivity index (χ1) is 14.0. The van der Waals surface area contributed by atoms with Gasteiger partial charge in [-0.05, 0) is 60.2 Å². The van der Waals surface area contributed by atoms with Gasteiger partial charge in [-0.15, -0.1) is 0 Å². The van der Waals surface area contributed by atoms with Gasteiger partial charge in [0.25, 0.3) is 11.8 Å². The van der Waals surface area contributed by atoms with Crippen LogP contribution in [0.15, 0.2) is 89.0 Å². The molecule has 0 radical (unpaired) electrons. The van der Waals surface area contributed by atoms with Gasteiger partial charge >= 0.3 is 0 Å². The van der Waals surface area contributed by atoms with Gasteiger partial charge in [0.15, 0.2) is 0 Å². The fourth-order valence-corrected chi connectivity index (χ4v) is 3.00. The zero-order valence-corrected chi connectivity index (χ0v) is 17.3. The minimum Gasteiger partial charge on any atom is -0.497 e. The number of methoxy groups -OCH3 is 1. The van der Waals surface area contributed by atoms with E-state index >= 15 is 0 Å². The van der Waals surface area contributed by atoms with E-state index in [0.717, 1.165) is 10.0 Å². The fraction of sp³-hybridized carbons (Fsp3) is 0.0435. The summed E-state index contributed by atoms with van der Waals surface area (Å²) < 4.78 is 6.00. The van der Waals surface area contributed by atoms with Gasteiger partial charge in [-0.25, -0.2) is 0 Å². The molecule has 29 heavy (non-hydrogen) atoms. The van der Waals surface area contributed by atoms with Gasteiger partial charge in [0.05, 0.1) is 7.11 Å². The van der Waals surface area contributed by atoms with Gasteiger partial charge in [-0.2, -0.15) is 0 Å². The molecule has 0 aliphatic rings. The Morgan fingerprint density at radius 3 is 2.31 bits per heavy atom. The summed E-state index contributed by atoms with van der Waals surface area (Å²) in [5, 5.41) is 5.51. The maximum absolute atomic E-state index is 12.9. The van der Waals surface area contributed by atoms with E-state index in [9.17, 15) is 9.59 Å². The molecule has 0 aliphatic heterocycles. The van der Waals surface area contributed by atoms with E-state index in [0.29, 0.717) is 17.0 Å². The number of ether oxygens (including phenoxy) is 1. The molecule has 5 nitrogen and oxygen atoms in total. The van der Waals surface area contributed by atoms with Crippen molar-refractivity contribution >= 4 is 39.5 Å². The van der Waals surface area contributed by atoms with Crippen molar-refractivity contribution in [3.8, 4) is 5.75 Å². The topological polar surface area (TPSA) is 67.4 Å². The second kappa shape index (κ2) is 9.71. The number of carbonyl (C=O) groups is 2. The molecule has 3 aromatic rings. The van der Waals surface area contributed by atoms with Crippen molar-refractivity contribution in [2.24, 2.45) is 0 Å². The van der Waals surface area contributed by atoms with Crippen LogP contribution in [0, 0.1) is 0 Å². The summed E-state index contributed by atoms with van der Waals surface area (Å²) in [6, 6.07) is 23.1. The first kappa shape index (κ1) is 20.4. The Kier molecular flexibility index (Phi) is 6.81. The molecule has 3 rings (SSSR count). The first-order valence-corrected chi connectivity index (χ1v) is 9.63. The van der Waals surface area contributed by atoms with Crippen LogP contribution in [0.25, 0.3) is 6.08 Å². The number of halogens is 1. The van der Waals surface area contributed by atoms with E-state index in [1.807, 2.05) is 30.3 Å². The van der Waals surface area contributed by atoms with Crippen LogP contribution >= 0.6 is 15.9 Å². The minimum absolute atomic E-state index is 0.132. The summed E-state index contributed by atoms with van der Waals surface area (Å²) in [6.45, 7) is 0. The number of hydrogen-bond donors (Lipinski definition) is 2. The van der Waals surface area contributed by atoms with Crippen molar-refractivity contribution in [1.29, 1.82) is 0 Å². The van der Waals surface area contributed by atoms with Crippen LogP contribution in [0.1, 0.15) is 15.9 Å². The lowest BCUT2D eigenvalue weighted by Crippen LogP contribution is -2.30. The molecule has 0 fully saturated rings. The van der Waals surface area contributed by atoms with E-state index in [2.05, 4.69) is 26.6 Å². The van der Waals surface area contributed by atoms with Crippen LogP contribution in [0.4, 0.5) is 5.69 Å². The molecule has 0 atom stereocenters. The number of amides is 2. The Balaban J connectivity index is 1.86. The third-order valence-electron chi connectivity index (χ3n) is 4.04. The highest BCUT2D eigenvalue weighted by Crippen LogP contribution is 2.17. The predicted molar refractivity (Wildman–Crippen MR) is 118 cm³/mol. The number of benzene rings is 3. The van der Waals surface area contributed by atoms with E-state index in [-0.39, 0.29) is 11.6 Å². The summed E-state index contributed by atoms with van der Waals surface area (Å²) in [6.07, 6.45) is 1.63. The van der Waals surface area contributed by atoms with Crippen molar-refractivity contribution in [2.75, 3.05) is 12.4 Å². The highest BCUT2D eigenvalue weighted by atomic mass is 79.9. The molecule has 0 aliphatic carbocycles. The van der Waals surface area contributed by atoms with Crippen molar-refractivity contribution in [1.82, 2.24) is 5.32 Å². The van der Waals surface area contributed by atoms with Gasteiger partial charge in [-0.1, -0.05) is 46.3 Å². The van der Waals surface area contributed by atoms with Crippen LogP contribution in [0.2, 0.25) is 0 Å². The van der Waals surface area contributed by atoms with E-state index < -0.39 is 5.91 Å². The molecule has 0 heterocycles. The lowest BCUT2D eigenvalue weighted by Gasteiger charge is -2.12. The third-order valence-corrected chi connectivity index (χ3v) is 4.53. The summed E-state index contributed by atoms with van der Waals surface area (Å²) in [5.74, 6) is -0.110. The Hall–Kier alpha value is -3.38. The molecule has 146 valence electrons. The highest BCUT2D eigenvalue weighted by molar-refractivity contribution is 9.10. The van der Waals surface area contributed by atoms with Crippen molar-refractivity contribution < 1.29 is 14.3 Å². The monoisotopic (exact) mass is 450 g/mol. The summed E-state index contributed by atoms with van der Waals surface area (Å²) in [7, 11) is 1.57. The molecular weight excluding hydrogens is 432 g/mol. The molecule has 0 spiro atoms. The van der Waals surface area contributed by atoms with Crippen LogP contribution in [0.3, 0.4) is 0 Å².